The minimum absolute atomic E-state index is 0. The van der Waals surface area contributed by atoms with Crippen molar-refractivity contribution in [2.75, 3.05) is 6.61 Å². The van der Waals surface area contributed by atoms with E-state index in [1.807, 2.05) is 135 Å². The van der Waals surface area contributed by atoms with Gasteiger partial charge in [0.05, 0.1) is 1.37 Å². The zero-order chi connectivity index (χ0) is 29.3. The molecule has 6 heteroatoms. The first-order valence-corrected chi connectivity index (χ1v) is 13.4. The van der Waals surface area contributed by atoms with Gasteiger partial charge in [0.25, 0.3) is 0 Å². The first kappa shape index (κ1) is 33.6. The van der Waals surface area contributed by atoms with Crippen molar-refractivity contribution in [1.82, 2.24) is 0 Å². The van der Waals surface area contributed by atoms with Gasteiger partial charge in [-0.3, -0.25) is 0 Å². The fourth-order valence-corrected chi connectivity index (χ4v) is 5.21. The topological polar surface area (TPSA) is 79.2 Å². The van der Waals surface area contributed by atoms with Gasteiger partial charge in [0.2, 0.25) is 0 Å². The minimum atomic E-state index is -1.60. The Labute approximate surface area is 266 Å². The van der Waals surface area contributed by atoms with Gasteiger partial charge >= 0.3 is 0 Å². The molecule has 0 saturated carbocycles. The predicted molar refractivity (Wildman–Crippen MR) is 164 cm³/mol. The van der Waals surface area contributed by atoms with Crippen LogP contribution in [0.1, 0.15) is 43.9 Å². The molecule has 0 radical (unpaired) electrons. The van der Waals surface area contributed by atoms with Crippen molar-refractivity contribution in [3.63, 3.8) is 0 Å². The van der Waals surface area contributed by atoms with Crippen LogP contribution >= 0.6 is 0 Å². The Hall–Kier alpha value is -2.87. The standard InChI is InChI=1S/C31H30O4.C4H8O.CH3.Ti/c1-29(2)34-27(30(32,23-15-7-3-8-16-23)24-17-9-4-10-18-24)28(35-29)31(33,25-19-11-5-12-20-25)26-21-13-6-14-22-26;1-2-3-4-5;;/h3-22,27-28,32-33H,1-2H3;2,5H,1,3-4H2;1H3;/q;;-1;/t27-,28-;;;/m1.../s1/i;1D;;. The molecular weight excluding hydrogens is 560 g/mol. The van der Waals surface area contributed by atoms with Gasteiger partial charge in [-0.2, -0.15) is 0 Å². The first-order valence-electron chi connectivity index (χ1n) is 14.0. The van der Waals surface area contributed by atoms with E-state index in [9.17, 15) is 10.2 Å². The van der Waals surface area contributed by atoms with E-state index in [0.29, 0.717) is 28.7 Å². The molecule has 0 aromatic heterocycles. The maximum atomic E-state index is 12.6. The molecule has 1 aliphatic rings. The van der Waals surface area contributed by atoms with Crippen molar-refractivity contribution in [2.24, 2.45) is 0 Å². The Kier molecular flexibility index (Phi) is 12.5. The number of rotatable bonds is 8. The van der Waals surface area contributed by atoms with E-state index in [4.69, 9.17) is 16.0 Å². The predicted octanol–water partition coefficient (Wildman–Crippen LogP) is 6.38. The molecule has 0 aliphatic carbocycles. The SMILES string of the molecule is CC1(C)O[C@@H](C(O)(c2ccccc2)c2ccccc2)[C@H](C(O)(c2ccccc2)c2ccccc2)O1.[2H]C=CCCO.[CH3-].[Ti]. The van der Waals surface area contributed by atoms with E-state index >= 15 is 0 Å². The summed E-state index contributed by atoms with van der Waals surface area (Å²) in [4.78, 5) is 0. The average molecular weight is 603 g/mol. The molecule has 2 atom stereocenters. The summed E-state index contributed by atoms with van der Waals surface area (Å²) in [5.74, 6) is -1.05. The van der Waals surface area contributed by atoms with Gasteiger partial charge < -0.3 is 32.2 Å². The second-order valence-corrected chi connectivity index (χ2v) is 10.2. The van der Waals surface area contributed by atoms with Crippen LogP contribution < -0.4 is 0 Å². The van der Waals surface area contributed by atoms with Crippen molar-refractivity contribution in [1.29, 1.82) is 0 Å². The van der Waals surface area contributed by atoms with Crippen LogP contribution in [0, 0.1) is 7.43 Å². The van der Waals surface area contributed by atoms with Crippen LogP contribution in [0.2, 0.25) is 0 Å². The van der Waals surface area contributed by atoms with E-state index in [1.54, 1.807) is 6.08 Å². The van der Waals surface area contributed by atoms with E-state index in [2.05, 4.69) is 0 Å². The van der Waals surface area contributed by atoms with Crippen molar-refractivity contribution >= 4 is 0 Å². The van der Waals surface area contributed by atoms with Crippen LogP contribution in [0.25, 0.3) is 0 Å². The summed E-state index contributed by atoms with van der Waals surface area (Å²) in [5, 5.41) is 33.3. The molecular formula is C36H41O5Ti-. The minimum Gasteiger partial charge on any atom is -0.396 e. The van der Waals surface area contributed by atoms with Crippen molar-refractivity contribution in [2.45, 2.75) is 49.5 Å². The van der Waals surface area contributed by atoms with Gasteiger partial charge in [-0.1, -0.05) is 127 Å². The van der Waals surface area contributed by atoms with Crippen LogP contribution in [-0.2, 0) is 42.4 Å². The summed E-state index contributed by atoms with van der Waals surface area (Å²) < 4.78 is 19.4. The van der Waals surface area contributed by atoms with Crippen molar-refractivity contribution < 1.29 is 47.9 Å². The Morgan fingerprint density at radius 1 is 0.690 bits per heavy atom. The van der Waals surface area contributed by atoms with Crippen LogP contribution in [0.15, 0.2) is 134 Å². The van der Waals surface area contributed by atoms with Gasteiger partial charge in [0, 0.05) is 28.3 Å². The van der Waals surface area contributed by atoms with E-state index in [0.717, 1.165) is 0 Å². The van der Waals surface area contributed by atoms with Crippen LogP contribution in [0.5, 0.6) is 0 Å². The summed E-state index contributed by atoms with van der Waals surface area (Å²) >= 11 is 0. The Morgan fingerprint density at radius 2 is 0.976 bits per heavy atom. The summed E-state index contributed by atoms with van der Waals surface area (Å²) in [6.45, 7) is 4.95. The molecule has 4 aromatic carbocycles. The van der Waals surface area contributed by atoms with Gasteiger partial charge in [0.15, 0.2) is 5.79 Å². The molecule has 0 unspecified atom stereocenters. The number of hydrogen-bond donors (Lipinski definition) is 3. The second kappa shape index (κ2) is 15.6. The molecule has 3 N–H and O–H groups in total. The van der Waals surface area contributed by atoms with Crippen LogP contribution in [0.4, 0.5) is 0 Å². The summed E-state index contributed by atoms with van der Waals surface area (Å²) in [5.41, 5.74) is -0.564. The molecule has 1 heterocycles. The average Bonchev–Trinajstić information content (AvgIpc) is 3.37. The van der Waals surface area contributed by atoms with E-state index < -0.39 is 29.2 Å². The van der Waals surface area contributed by atoms with Gasteiger partial charge in [-0.15, -0.1) is 6.55 Å². The zero-order valence-corrected chi connectivity index (χ0v) is 26.0. The molecule has 220 valence electrons. The molecule has 0 amide bonds. The van der Waals surface area contributed by atoms with Crippen molar-refractivity contribution in [3.8, 4) is 0 Å². The molecule has 1 saturated heterocycles. The number of aliphatic hydroxyl groups excluding tert-OH is 1. The number of hydrogen-bond acceptors (Lipinski definition) is 5. The Bertz CT molecular complexity index is 1190. The van der Waals surface area contributed by atoms with Crippen molar-refractivity contribution in [3.05, 3.63) is 164 Å². The van der Waals surface area contributed by atoms with Gasteiger partial charge in [0.1, 0.15) is 23.4 Å². The molecule has 1 fully saturated rings. The second-order valence-electron chi connectivity index (χ2n) is 10.2. The quantitative estimate of drug-likeness (QED) is 0.124. The summed E-state index contributed by atoms with van der Waals surface area (Å²) in [6.07, 6.45) is 0.323. The fraction of sp³-hybridized carbons (Fsp3) is 0.250. The number of ether oxygens (including phenoxy) is 2. The molecule has 0 bridgehead atoms. The third-order valence-electron chi connectivity index (χ3n) is 7.07. The molecule has 4 aromatic rings. The molecule has 5 nitrogen and oxygen atoms in total. The maximum absolute atomic E-state index is 12.6. The fourth-order valence-electron chi connectivity index (χ4n) is 5.21. The summed E-state index contributed by atoms with van der Waals surface area (Å²) in [6, 6.07) is 37.8. The van der Waals surface area contributed by atoms with E-state index in [-0.39, 0.29) is 35.8 Å². The third kappa shape index (κ3) is 7.37. The van der Waals surface area contributed by atoms with Crippen LogP contribution in [-0.4, -0.2) is 39.9 Å². The number of aliphatic hydroxyl groups is 3. The monoisotopic (exact) mass is 602 g/mol. The molecule has 42 heavy (non-hydrogen) atoms. The molecule has 0 spiro atoms. The summed E-state index contributed by atoms with van der Waals surface area (Å²) in [7, 11) is 0. The molecule has 5 rings (SSSR count). The Morgan fingerprint density at radius 3 is 1.19 bits per heavy atom. The largest absolute Gasteiger partial charge is 0.396 e. The third-order valence-corrected chi connectivity index (χ3v) is 7.07. The Balaban J connectivity index is 0.000000735. The van der Waals surface area contributed by atoms with Gasteiger partial charge in [-0.05, 0) is 42.5 Å². The zero-order valence-electron chi connectivity index (χ0n) is 25.4. The first-order chi connectivity index (χ1) is 19.8. The number of benzene rings is 4. The normalized spacial score (nSPS) is 18.2. The molecule has 1 aliphatic heterocycles. The maximum Gasteiger partial charge on any atom is 0.164 e. The van der Waals surface area contributed by atoms with Gasteiger partial charge in [-0.25, -0.2) is 0 Å². The smallest absolute Gasteiger partial charge is 0.164 e. The van der Waals surface area contributed by atoms with E-state index in [1.165, 1.54) is 6.55 Å². The van der Waals surface area contributed by atoms with Crippen LogP contribution in [0.3, 0.4) is 0 Å².